The Balaban J connectivity index is 0.000000518. The second-order valence-corrected chi connectivity index (χ2v) is 11.0. The molecule has 0 spiro atoms. The topological polar surface area (TPSA) is 195 Å². The fourth-order valence-corrected chi connectivity index (χ4v) is 2.58. The summed E-state index contributed by atoms with van der Waals surface area (Å²) in [6, 6.07) is 0.379. The van der Waals surface area contributed by atoms with Gasteiger partial charge in [-0.05, 0) is 80.1 Å². The molecule has 3 fully saturated rings. The van der Waals surface area contributed by atoms with Crippen molar-refractivity contribution in [3.8, 4) is 0 Å². The second-order valence-electron chi connectivity index (χ2n) is 11.0. The molecule has 6 N–H and O–H groups in total. The molecule has 0 heterocycles. The zero-order valence-corrected chi connectivity index (χ0v) is 23.2. The van der Waals surface area contributed by atoms with Crippen LogP contribution >= 0.6 is 0 Å². The van der Waals surface area contributed by atoms with E-state index < -0.39 is 22.8 Å². The third kappa shape index (κ3) is 15.5. The van der Waals surface area contributed by atoms with Gasteiger partial charge in [-0.3, -0.25) is 9.59 Å². The van der Waals surface area contributed by atoms with Gasteiger partial charge in [0.25, 0.3) is 0 Å². The minimum atomic E-state index is -0.725. The van der Waals surface area contributed by atoms with Crippen LogP contribution in [0.1, 0.15) is 80.1 Å². The van der Waals surface area contributed by atoms with Crippen molar-refractivity contribution in [1.82, 2.24) is 21.3 Å². The summed E-state index contributed by atoms with van der Waals surface area (Å²) in [4.78, 5) is 60.7. The van der Waals surface area contributed by atoms with Crippen molar-refractivity contribution in [2.24, 2.45) is 5.73 Å². The van der Waals surface area contributed by atoms with Crippen LogP contribution in [0, 0.1) is 0 Å². The first-order valence-corrected chi connectivity index (χ1v) is 12.1. The number of likely N-dealkylation sites (N-methyl/N-ethyl adjacent to an activating group) is 2. The molecule has 0 bridgehead atoms. The molecular formula is C24H43N5O8. The van der Waals surface area contributed by atoms with Crippen LogP contribution in [0.15, 0.2) is 0 Å². The molecule has 0 unspecified atom stereocenters. The zero-order chi connectivity index (χ0) is 29.1. The van der Waals surface area contributed by atoms with Gasteiger partial charge in [0.1, 0.15) is 16.7 Å². The van der Waals surface area contributed by atoms with E-state index in [0.717, 1.165) is 25.7 Å². The van der Waals surface area contributed by atoms with Crippen molar-refractivity contribution in [3.05, 3.63) is 0 Å². The van der Waals surface area contributed by atoms with Crippen LogP contribution in [0.3, 0.4) is 0 Å². The summed E-state index contributed by atoms with van der Waals surface area (Å²) in [6.45, 7) is 10.9. The summed E-state index contributed by atoms with van der Waals surface area (Å²) < 4.78 is 10.1. The van der Waals surface area contributed by atoms with Crippen molar-refractivity contribution < 1.29 is 38.2 Å². The first-order chi connectivity index (χ1) is 16.9. The Hall–Kier alpha value is -3.18. The average molecular weight is 530 g/mol. The van der Waals surface area contributed by atoms with Crippen molar-refractivity contribution >= 4 is 30.2 Å². The lowest BCUT2D eigenvalue weighted by Crippen LogP contribution is -2.49. The molecule has 4 amide bonds. The number of hydrogen-bond donors (Lipinski definition) is 5. The number of alkyl carbamates (subject to hydrolysis) is 2. The molecule has 0 saturated heterocycles. The Kier molecular flexibility index (Phi) is 12.7. The highest BCUT2D eigenvalue weighted by Gasteiger charge is 2.51. The van der Waals surface area contributed by atoms with Crippen LogP contribution in [0.25, 0.3) is 0 Å². The van der Waals surface area contributed by atoms with Gasteiger partial charge < -0.3 is 36.5 Å². The lowest BCUT2D eigenvalue weighted by Gasteiger charge is -2.22. The summed E-state index contributed by atoms with van der Waals surface area (Å²) in [5.74, 6) is -0.189. The van der Waals surface area contributed by atoms with E-state index in [4.69, 9.17) is 24.8 Å². The highest BCUT2D eigenvalue weighted by molar-refractivity contribution is 5.92. The van der Waals surface area contributed by atoms with Gasteiger partial charge in [0.15, 0.2) is 0 Å². The van der Waals surface area contributed by atoms with E-state index in [-0.39, 0.29) is 29.7 Å². The monoisotopic (exact) mass is 529 g/mol. The van der Waals surface area contributed by atoms with Crippen molar-refractivity contribution in [2.75, 3.05) is 14.1 Å². The predicted octanol–water partition coefficient (Wildman–Crippen LogP) is 1.10. The van der Waals surface area contributed by atoms with Gasteiger partial charge in [0, 0.05) is 20.1 Å². The highest BCUT2D eigenvalue weighted by atomic mass is 16.6. The summed E-state index contributed by atoms with van der Waals surface area (Å²) in [7, 11) is 3.16. The molecule has 212 valence electrons. The predicted molar refractivity (Wildman–Crippen MR) is 133 cm³/mol. The summed E-state index contributed by atoms with van der Waals surface area (Å²) >= 11 is 0. The first kappa shape index (κ1) is 33.8. The first-order valence-electron chi connectivity index (χ1n) is 12.1. The molecule has 3 rings (SSSR count). The Bertz CT molecular complexity index is 829. The Morgan fingerprint density at radius 3 is 1.46 bits per heavy atom. The van der Waals surface area contributed by atoms with Gasteiger partial charge in [0.05, 0.1) is 5.54 Å². The van der Waals surface area contributed by atoms with Crippen LogP contribution < -0.4 is 27.0 Å². The number of carbonyl (C=O) groups excluding carboxylic acids is 6. The standard InChI is InChI=1S/C10H18N2O3.C8H15NO2.C5H10N2O.CO2/c1-9(2,3)15-8(14)12-10(5-6-10)7(13)11-4;1-8(2,3)11-7(10)9-6-4-5-6;1-7-4(8)5(6)2-3-5;2-1-3/h5-6H2,1-4H3,(H,11,13)(H,12,14);6H,4-5H2,1-3H3,(H,9,10);2-3,6H2,1H3,(H,7,8);. The van der Waals surface area contributed by atoms with Gasteiger partial charge in [-0.15, -0.1) is 0 Å². The van der Waals surface area contributed by atoms with Crippen molar-refractivity contribution in [2.45, 2.75) is 108 Å². The lowest BCUT2D eigenvalue weighted by atomic mass is 10.2. The van der Waals surface area contributed by atoms with Gasteiger partial charge in [0.2, 0.25) is 11.8 Å². The largest absolute Gasteiger partial charge is 0.444 e. The van der Waals surface area contributed by atoms with Crippen LogP contribution in [0.4, 0.5) is 9.59 Å². The maximum atomic E-state index is 11.4. The Morgan fingerprint density at radius 1 is 0.784 bits per heavy atom. The third-order valence-corrected chi connectivity index (χ3v) is 4.92. The van der Waals surface area contributed by atoms with Crippen LogP contribution in [-0.4, -0.2) is 72.6 Å². The van der Waals surface area contributed by atoms with Crippen molar-refractivity contribution in [1.29, 1.82) is 0 Å². The molecule has 0 aliphatic heterocycles. The Morgan fingerprint density at radius 2 is 1.19 bits per heavy atom. The van der Waals surface area contributed by atoms with Crippen molar-refractivity contribution in [3.63, 3.8) is 0 Å². The molecule has 3 aliphatic carbocycles. The fraction of sp³-hybridized carbons (Fsp3) is 0.792. The number of rotatable bonds is 4. The molecule has 37 heavy (non-hydrogen) atoms. The third-order valence-electron chi connectivity index (χ3n) is 4.92. The second kappa shape index (κ2) is 13.9. The molecule has 0 atom stereocenters. The van der Waals surface area contributed by atoms with E-state index in [1.807, 2.05) is 20.8 Å². The average Bonchev–Trinajstić information content (AvgIpc) is 3.59. The summed E-state index contributed by atoms with van der Waals surface area (Å²) in [5, 5.41) is 10.4. The van der Waals surface area contributed by atoms with E-state index in [2.05, 4.69) is 21.3 Å². The van der Waals surface area contributed by atoms with E-state index in [1.165, 1.54) is 0 Å². The van der Waals surface area contributed by atoms with E-state index >= 15 is 0 Å². The molecule has 0 aromatic heterocycles. The lowest BCUT2D eigenvalue weighted by molar-refractivity contribution is -0.191. The quantitative estimate of drug-likeness (QED) is 0.354. The maximum Gasteiger partial charge on any atom is 0.408 e. The van der Waals surface area contributed by atoms with Gasteiger partial charge in [-0.25, -0.2) is 9.59 Å². The normalized spacial score (nSPS) is 17.5. The number of ether oxygens (including phenoxy) is 2. The zero-order valence-electron chi connectivity index (χ0n) is 23.2. The van der Waals surface area contributed by atoms with E-state index in [1.54, 1.807) is 34.9 Å². The van der Waals surface area contributed by atoms with Gasteiger partial charge in [-0.1, -0.05) is 0 Å². The SMILES string of the molecule is CC(C)(C)OC(=O)NC1CC1.CNC(=O)C1(N)CC1.CNC(=O)C1(NC(=O)OC(C)(C)C)CC1.O=C=O. The minimum Gasteiger partial charge on any atom is -0.444 e. The molecular weight excluding hydrogens is 486 g/mol. The van der Waals surface area contributed by atoms with Gasteiger partial charge >= 0.3 is 18.3 Å². The summed E-state index contributed by atoms with van der Waals surface area (Å²) in [6.07, 6.45) is 4.64. The molecule has 0 aromatic carbocycles. The molecule has 13 nitrogen and oxygen atoms in total. The van der Waals surface area contributed by atoms with E-state index in [9.17, 15) is 19.2 Å². The maximum absolute atomic E-state index is 11.4. The molecule has 3 aliphatic rings. The molecule has 0 radical (unpaired) electrons. The number of nitrogens with two attached hydrogens (primary N) is 1. The molecule has 13 heteroatoms. The molecule has 3 saturated carbocycles. The van der Waals surface area contributed by atoms with E-state index in [0.29, 0.717) is 18.9 Å². The number of hydrogen-bond acceptors (Lipinski definition) is 9. The van der Waals surface area contributed by atoms with Crippen LogP contribution in [0.5, 0.6) is 0 Å². The minimum absolute atomic E-state index is 0.0301. The highest BCUT2D eigenvalue weighted by Crippen LogP contribution is 2.35. The number of amides is 4. The van der Waals surface area contributed by atoms with Crippen LogP contribution in [0.2, 0.25) is 0 Å². The van der Waals surface area contributed by atoms with Gasteiger partial charge in [-0.2, -0.15) is 9.59 Å². The fourth-order valence-electron chi connectivity index (χ4n) is 2.58. The smallest absolute Gasteiger partial charge is 0.408 e. The number of nitrogens with one attached hydrogen (secondary N) is 4. The Labute approximate surface area is 218 Å². The van der Waals surface area contributed by atoms with Crippen LogP contribution in [-0.2, 0) is 28.7 Å². The number of carbonyl (C=O) groups is 4. The summed E-state index contributed by atoms with van der Waals surface area (Å²) in [5.41, 5.74) is 3.36. The molecule has 0 aromatic rings.